The number of hydrogen-bond donors (Lipinski definition) is 0. The van der Waals surface area contributed by atoms with Crippen LogP contribution in [0.15, 0.2) is 0 Å². The second-order valence-electron chi connectivity index (χ2n) is 10.3. The summed E-state index contributed by atoms with van der Waals surface area (Å²) in [5.41, 5.74) is -0.933. The van der Waals surface area contributed by atoms with E-state index in [9.17, 15) is 4.79 Å². The molecule has 0 aromatic rings. The van der Waals surface area contributed by atoms with Gasteiger partial charge in [0.2, 0.25) is 0 Å². The molecular weight excluding hydrogens is 376 g/mol. The highest BCUT2D eigenvalue weighted by Gasteiger charge is 2.38. The van der Waals surface area contributed by atoms with Crippen LogP contribution in [0.3, 0.4) is 0 Å². The van der Waals surface area contributed by atoms with Crippen molar-refractivity contribution in [3.05, 3.63) is 0 Å². The molecule has 1 aliphatic rings. The van der Waals surface area contributed by atoms with Crippen LogP contribution in [0.25, 0.3) is 0 Å². The zero-order chi connectivity index (χ0) is 22.6. The van der Waals surface area contributed by atoms with E-state index in [0.717, 1.165) is 75.9 Å². The van der Waals surface area contributed by atoms with Crippen LogP contribution in [-0.2, 0) is 14.2 Å². The van der Waals surface area contributed by atoms with Crippen LogP contribution in [0.5, 0.6) is 0 Å². The third-order valence-electron chi connectivity index (χ3n) is 6.97. The quantitative estimate of drug-likeness (QED) is 0.209. The Morgan fingerprint density at radius 1 is 0.867 bits per heavy atom. The van der Waals surface area contributed by atoms with Gasteiger partial charge in [-0.2, -0.15) is 0 Å². The summed E-state index contributed by atoms with van der Waals surface area (Å²) in [5.74, 6) is 2.48. The fourth-order valence-corrected chi connectivity index (χ4v) is 5.05. The molecule has 0 amide bonds. The van der Waals surface area contributed by atoms with E-state index in [0.29, 0.717) is 0 Å². The van der Waals surface area contributed by atoms with Crippen molar-refractivity contribution < 1.29 is 19.0 Å². The van der Waals surface area contributed by atoms with E-state index in [1.165, 1.54) is 25.7 Å². The molecule has 0 saturated heterocycles. The molecule has 0 aliphatic heterocycles. The zero-order valence-electron chi connectivity index (χ0n) is 21.1. The SMILES string of the molecule is CCOCCCCCC(CC)(CCC1CC(CC)CC1CC)OC(=O)OC(C)(C)C. The summed E-state index contributed by atoms with van der Waals surface area (Å²) in [5, 5.41) is 0. The molecule has 0 aromatic heterocycles. The summed E-state index contributed by atoms with van der Waals surface area (Å²) in [4.78, 5) is 12.6. The van der Waals surface area contributed by atoms with Crippen molar-refractivity contribution in [3.8, 4) is 0 Å². The van der Waals surface area contributed by atoms with E-state index in [2.05, 4.69) is 20.8 Å². The van der Waals surface area contributed by atoms with E-state index in [1.807, 2.05) is 27.7 Å². The van der Waals surface area contributed by atoms with E-state index in [4.69, 9.17) is 14.2 Å². The molecule has 4 atom stereocenters. The Morgan fingerprint density at radius 2 is 1.57 bits per heavy atom. The Hall–Kier alpha value is -0.770. The summed E-state index contributed by atoms with van der Waals surface area (Å²) in [7, 11) is 0. The van der Waals surface area contributed by atoms with Gasteiger partial charge in [0.05, 0.1) is 0 Å². The molecule has 1 fully saturated rings. The smallest absolute Gasteiger partial charge is 0.429 e. The van der Waals surface area contributed by atoms with Crippen LogP contribution in [0.2, 0.25) is 0 Å². The lowest BCUT2D eigenvalue weighted by Crippen LogP contribution is -2.38. The highest BCUT2D eigenvalue weighted by molar-refractivity contribution is 5.61. The first-order chi connectivity index (χ1) is 14.2. The molecule has 1 saturated carbocycles. The third kappa shape index (κ3) is 10.0. The van der Waals surface area contributed by atoms with Gasteiger partial charge in [-0.05, 0) is 96.8 Å². The number of ether oxygens (including phenoxy) is 3. The lowest BCUT2D eigenvalue weighted by molar-refractivity contribution is -0.0778. The number of hydrogen-bond acceptors (Lipinski definition) is 4. The lowest BCUT2D eigenvalue weighted by atomic mass is 9.82. The molecule has 4 nitrogen and oxygen atoms in total. The van der Waals surface area contributed by atoms with Crippen molar-refractivity contribution in [1.82, 2.24) is 0 Å². The number of unbranched alkanes of at least 4 members (excludes halogenated alkanes) is 2. The van der Waals surface area contributed by atoms with Crippen molar-refractivity contribution in [2.45, 2.75) is 130 Å². The van der Waals surface area contributed by atoms with Crippen molar-refractivity contribution in [2.75, 3.05) is 13.2 Å². The van der Waals surface area contributed by atoms with Gasteiger partial charge in [-0.1, -0.05) is 40.0 Å². The average Bonchev–Trinajstić information content (AvgIpc) is 3.09. The molecule has 178 valence electrons. The standard InChI is InChI=1S/C26H50O4/c1-8-21-19-22(9-2)23(20-21)15-17-26(10-3,16-13-12-14-18-28-11-4)30-24(27)29-25(5,6)7/h21-23H,8-20H2,1-7H3. The minimum Gasteiger partial charge on any atom is -0.429 e. The first-order valence-corrected chi connectivity index (χ1v) is 12.7. The minimum absolute atomic E-state index is 0.406. The topological polar surface area (TPSA) is 44.8 Å². The molecule has 1 rings (SSSR count). The molecular formula is C26H50O4. The van der Waals surface area contributed by atoms with E-state index < -0.39 is 17.4 Å². The summed E-state index contributed by atoms with van der Waals surface area (Å²) < 4.78 is 17.1. The Kier molecular flexibility index (Phi) is 12.4. The maximum absolute atomic E-state index is 12.6. The zero-order valence-corrected chi connectivity index (χ0v) is 21.1. The van der Waals surface area contributed by atoms with Crippen LogP contribution in [0, 0.1) is 17.8 Å². The number of carbonyl (C=O) groups is 1. The second-order valence-corrected chi connectivity index (χ2v) is 10.3. The first-order valence-electron chi connectivity index (χ1n) is 12.7. The third-order valence-corrected chi connectivity index (χ3v) is 6.97. The number of carbonyl (C=O) groups excluding carboxylic acids is 1. The van der Waals surface area contributed by atoms with Gasteiger partial charge < -0.3 is 14.2 Å². The van der Waals surface area contributed by atoms with Crippen molar-refractivity contribution >= 4 is 6.16 Å². The molecule has 0 radical (unpaired) electrons. The maximum atomic E-state index is 12.6. The Bertz CT molecular complexity index is 470. The van der Waals surface area contributed by atoms with Crippen molar-refractivity contribution in [2.24, 2.45) is 17.8 Å². The van der Waals surface area contributed by atoms with Gasteiger partial charge in [0.15, 0.2) is 0 Å². The van der Waals surface area contributed by atoms with Gasteiger partial charge in [-0.25, -0.2) is 4.79 Å². The molecule has 0 N–H and O–H groups in total. The van der Waals surface area contributed by atoms with Crippen LogP contribution in [0.1, 0.15) is 119 Å². The largest absolute Gasteiger partial charge is 0.509 e. The number of rotatable bonds is 14. The monoisotopic (exact) mass is 426 g/mol. The van der Waals surface area contributed by atoms with Gasteiger partial charge in [0.1, 0.15) is 11.2 Å². The van der Waals surface area contributed by atoms with Crippen molar-refractivity contribution in [1.29, 1.82) is 0 Å². The molecule has 0 bridgehead atoms. The predicted molar refractivity (Wildman–Crippen MR) is 125 cm³/mol. The summed E-state index contributed by atoms with van der Waals surface area (Å²) in [6, 6.07) is 0. The molecule has 4 unspecified atom stereocenters. The second kappa shape index (κ2) is 13.6. The molecule has 1 aliphatic carbocycles. The first kappa shape index (κ1) is 27.3. The van der Waals surface area contributed by atoms with E-state index in [1.54, 1.807) is 0 Å². The summed E-state index contributed by atoms with van der Waals surface area (Å²) in [6.45, 7) is 16.1. The fraction of sp³-hybridized carbons (Fsp3) is 0.962. The molecule has 30 heavy (non-hydrogen) atoms. The molecule has 4 heteroatoms. The van der Waals surface area contributed by atoms with Gasteiger partial charge in [0.25, 0.3) is 0 Å². The Morgan fingerprint density at radius 3 is 2.13 bits per heavy atom. The molecule has 0 aromatic carbocycles. The summed E-state index contributed by atoms with van der Waals surface area (Å²) in [6.07, 6.45) is 11.9. The fourth-order valence-electron chi connectivity index (χ4n) is 5.05. The average molecular weight is 427 g/mol. The predicted octanol–water partition coefficient (Wildman–Crippen LogP) is 7.93. The highest BCUT2D eigenvalue weighted by Crippen LogP contribution is 2.44. The molecule has 0 heterocycles. The minimum atomic E-state index is -0.527. The van der Waals surface area contributed by atoms with Crippen LogP contribution >= 0.6 is 0 Å². The molecule has 0 spiro atoms. The summed E-state index contributed by atoms with van der Waals surface area (Å²) >= 11 is 0. The van der Waals surface area contributed by atoms with Gasteiger partial charge in [-0.15, -0.1) is 0 Å². The highest BCUT2D eigenvalue weighted by atomic mass is 16.7. The van der Waals surface area contributed by atoms with E-state index >= 15 is 0 Å². The van der Waals surface area contributed by atoms with Crippen LogP contribution in [-0.4, -0.2) is 30.6 Å². The van der Waals surface area contributed by atoms with Gasteiger partial charge >= 0.3 is 6.16 Å². The normalized spacial score (nSPS) is 23.9. The van der Waals surface area contributed by atoms with E-state index in [-0.39, 0.29) is 0 Å². The van der Waals surface area contributed by atoms with Crippen LogP contribution in [0.4, 0.5) is 4.79 Å². The Balaban J connectivity index is 2.74. The van der Waals surface area contributed by atoms with Crippen LogP contribution < -0.4 is 0 Å². The van der Waals surface area contributed by atoms with Gasteiger partial charge in [-0.3, -0.25) is 0 Å². The lowest BCUT2D eigenvalue weighted by Gasteiger charge is -2.35. The van der Waals surface area contributed by atoms with Crippen molar-refractivity contribution in [3.63, 3.8) is 0 Å². The van der Waals surface area contributed by atoms with Gasteiger partial charge in [0, 0.05) is 13.2 Å². The Labute approximate surface area is 186 Å². The maximum Gasteiger partial charge on any atom is 0.509 e.